The first-order valence-electron chi connectivity index (χ1n) is 7.54. The summed E-state index contributed by atoms with van der Waals surface area (Å²) in [7, 11) is 0. The van der Waals surface area contributed by atoms with Gasteiger partial charge in [-0.15, -0.1) is 0 Å². The van der Waals surface area contributed by atoms with Gasteiger partial charge >= 0.3 is 0 Å². The van der Waals surface area contributed by atoms with Crippen molar-refractivity contribution in [3.05, 3.63) is 0 Å². The molecule has 0 spiro atoms. The number of carbonyl (C=O) groups excluding carboxylic acids is 1. The lowest BCUT2D eigenvalue weighted by Gasteiger charge is -2.35. The molecule has 0 aromatic carbocycles. The van der Waals surface area contributed by atoms with Crippen molar-refractivity contribution in [1.29, 1.82) is 0 Å². The monoisotopic (exact) mass is 251 g/mol. The van der Waals surface area contributed by atoms with Gasteiger partial charge in [-0.3, -0.25) is 4.79 Å². The molecule has 18 heavy (non-hydrogen) atoms. The number of fused-ring (bicyclic) bond motifs is 1. The largest absolute Gasteiger partial charge is 0.353 e. The third-order valence-corrected chi connectivity index (χ3v) is 5.07. The second kappa shape index (κ2) is 5.17. The molecular weight excluding hydrogens is 226 g/mol. The van der Waals surface area contributed by atoms with E-state index in [-0.39, 0.29) is 17.9 Å². The summed E-state index contributed by atoms with van der Waals surface area (Å²) in [6.07, 6.45) is 8.01. The number of piperidine rings is 1. The van der Waals surface area contributed by atoms with E-state index < -0.39 is 0 Å². The fourth-order valence-corrected chi connectivity index (χ4v) is 3.98. The van der Waals surface area contributed by atoms with Crippen molar-refractivity contribution in [3.8, 4) is 0 Å². The van der Waals surface area contributed by atoms with Crippen molar-refractivity contribution in [1.82, 2.24) is 10.2 Å². The first-order valence-corrected chi connectivity index (χ1v) is 7.54. The van der Waals surface area contributed by atoms with E-state index >= 15 is 0 Å². The Morgan fingerprint density at radius 1 is 1.11 bits per heavy atom. The molecule has 2 heterocycles. The zero-order valence-electron chi connectivity index (χ0n) is 11.1. The van der Waals surface area contributed by atoms with E-state index in [9.17, 15) is 4.79 Å². The third kappa shape index (κ3) is 2.41. The van der Waals surface area contributed by atoms with Gasteiger partial charge in [-0.25, -0.2) is 0 Å². The van der Waals surface area contributed by atoms with Gasteiger partial charge in [-0.1, -0.05) is 6.42 Å². The van der Waals surface area contributed by atoms with Crippen LogP contribution in [0, 0.1) is 5.92 Å². The van der Waals surface area contributed by atoms with Gasteiger partial charge < -0.3 is 16.0 Å². The molecule has 1 saturated carbocycles. The van der Waals surface area contributed by atoms with E-state index in [0.717, 1.165) is 44.7 Å². The molecule has 2 aliphatic heterocycles. The van der Waals surface area contributed by atoms with E-state index in [1.165, 1.54) is 19.4 Å². The van der Waals surface area contributed by atoms with Crippen molar-refractivity contribution in [2.75, 3.05) is 13.1 Å². The van der Waals surface area contributed by atoms with Crippen molar-refractivity contribution in [2.45, 2.75) is 63.1 Å². The quantitative estimate of drug-likeness (QED) is 0.765. The third-order valence-electron chi connectivity index (χ3n) is 5.07. The van der Waals surface area contributed by atoms with Gasteiger partial charge in [0.05, 0.1) is 5.92 Å². The van der Waals surface area contributed by atoms with Crippen LogP contribution in [0.4, 0.5) is 0 Å². The molecule has 0 bridgehead atoms. The van der Waals surface area contributed by atoms with Gasteiger partial charge in [0.1, 0.15) is 0 Å². The number of nitrogens with two attached hydrogens (primary N) is 1. The molecule has 4 heteroatoms. The number of rotatable bonds is 2. The SMILES string of the molecule is NC1CCCC1C(=O)NC1CCN2CCCC2C1. The second-order valence-corrected chi connectivity index (χ2v) is 6.26. The van der Waals surface area contributed by atoms with Crippen LogP contribution in [0.25, 0.3) is 0 Å². The topological polar surface area (TPSA) is 58.4 Å². The highest BCUT2D eigenvalue weighted by atomic mass is 16.2. The average molecular weight is 251 g/mol. The molecule has 2 saturated heterocycles. The highest BCUT2D eigenvalue weighted by Gasteiger charge is 2.35. The van der Waals surface area contributed by atoms with Crippen LogP contribution in [0.5, 0.6) is 0 Å². The molecule has 3 fully saturated rings. The van der Waals surface area contributed by atoms with Crippen LogP contribution in [0.3, 0.4) is 0 Å². The summed E-state index contributed by atoms with van der Waals surface area (Å²) in [4.78, 5) is 14.8. The first-order chi connectivity index (χ1) is 8.74. The number of hydrogen-bond acceptors (Lipinski definition) is 3. The summed E-state index contributed by atoms with van der Waals surface area (Å²) < 4.78 is 0. The lowest BCUT2D eigenvalue weighted by Crippen LogP contribution is -2.50. The number of hydrogen-bond donors (Lipinski definition) is 2. The predicted molar refractivity (Wildman–Crippen MR) is 71.1 cm³/mol. The smallest absolute Gasteiger partial charge is 0.224 e. The van der Waals surface area contributed by atoms with Crippen molar-refractivity contribution >= 4 is 5.91 Å². The van der Waals surface area contributed by atoms with Gasteiger partial charge in [-0.2, -0.15) is 0 Å². The Kier molecular flexibility index (Phi) is 3.57. The molecule has 4 atom stereocenters. The van der Waals surface area contributed by atoms with Crippen LogP contribution in [0.2, 0.25) is 0 Å². The number of nitrogens with zero attached hydrogens (tertiary/aromatic N) is 1. The van der Waals surface area contributed by atoms with E-state index in [1.54, 1.807) is 0 Å². The van der Waals surface area contributed by atoms with E-state index in [4.69, 9.17) is 5.73 Å². The Labute approximate surface area is 109 Å². The molecule has 1 aliphatic carbocycles. The summed E-state index contributed by atoms with van der Waals surface area (Å²) in [5.41, 5.74) is 6.00. The maximum absolute atomic E-state index is 12.2. The summed E-state index contributed by atoms with van der Waals surface area (Å²) in [5, 5.41) is 3.26. The van der Waals surface area contributed by atoms with Crippen LogP contribution in [-0.4, -0.2) is 42.0 Å². The van der Waals surface area contributed by atoms with Gasteiger partial charge in [0.25, 0.3) is 0 Å². The lowest BCUT2D eigenvalue weighted by atomic mass is 9.96. The Morgan fingerprint density at radius 2 is 2.00 bits per heavy atom. The van der Waals surface area contributed by atoms with E-state index in [0.29, 0.717) is 6.04 Å². The lowest BCUT2D eigenvalue weighted by molar-refractivity contribution is -0.126. The minimum Gasteiger partial charge on any atom is -0.353 e. The molecule has 3 N–H and O–H groups in total. The van der Waals surface area contributed by atoms with E-state index in [1.807, 2.05) is 0 Å². The Morgan fingerprint density at radius 3 is 2.78 bits per heavy atom. The molecule has 4 nitrogen and oxygen atoms in total. The van der Waals surface area contributed by atoms with Crippen LogP contribution < -0.4 is 11.1 Å². The number of nitrogens with one attached hydrogen (secondary N) is 1. The standard InChI is InChI=1S/C14H25N3O/c15-13-5-1-4-12(13)14(18)16-10-6-8-17-7-2-3-11(17)9-10/h10-13H,1-9,15H2,(H,16,18). The Hall–Kier alpha value is -0.610. The number of carbonyl (C=O) groups is 1. The highest BCUT2D eigenvalue weighted by Crippen LogP contribution is 2.28. The second-order valence-electron chi connectivity index (χ2n) is 6.26. The Balaban J connectivity index is 1.52. The van der Waals surface area contributed by atoms with Crippen LogP contribution in [0.15, 0.2) is 0 Å². The zero-order valence-corrected chi connectivity index (χ0v) is 11.1. The fraction of sp³-hybridized carbons (Fsp3) is 0.929. The fourth-order valence-electron chi connectivity index (χ4n) is 3.98. The maximum Gasteiger partial charge on any atom is 0.224 e. The minimum absolute atomic E-state index is 0.0756. The van der Waals surface area contributed by atoms with Gasteiger partial charge in [0, 0.05) is 24.7 Å². The van der Waals surface area contributed by atoms with Crippen LogP contribution in [0.1, 0.15) is 44.9 Å². The summed E-state index contributed by atoms with van der Waals surface area (Å²) in [6.45, 7) is 2.42. The summed E-state index contributed by atoms with van der Waals surface area (Å²) in [5.74, 6) is 0.294. The van der Waals surface area contributed by atoms with Crippen LogP contribution >= 0.6 is 0 Å². The highest BCUT2D eigenvalue weighted by molar-refractivity contribution is 5.80. The summed E-state index contributed by atoms with van der Waals surface area (Å²) in [6, 6.07) is 1.21. The molecule has 0 aromatic heterocycles. The molecule has 0 radical (unpaired) electrons. The first kappa shape index (κ1) is 12.4. The predicted octanol–water partition coefficient (Wildman–Crippen LogP) is 0.857. The van der Waals surface area contributed by atoms with Gasteiger partial charge in [0.2, 0.25) is 5.91 Å². The Bertz CT molecular complexity index is 320. The molecule has 3 aliphatic rings. The normalized spacial score (nSPS) is 40.7. The average Bonchev–Trinajstić information content (AvgIpc) is 2.96. The molecule has 4 unspecified atom stereocenters. The molecular formula is C14H25N3O. The molecule has 0 aromatic rings. The van der Waals surface area contributed by atoms with E-state index in [2.05, 4.69) is 10.2 Å². The zero-order chi connectivity index (χ0) is 12.5. The van der Waals surface area contributed by atoms with Gasteiger partial charge in [0.15, 0.2) is 0 Å². The molecule has 3 rings (SSSR count). The molecule has 1 amide bonds. The van der Waals surface area contributed by atoms with Crippen LogP contribution in [-0.2, 0) is 4.79 Å². The van der Waals surface area contributed by atoms with Crippen molar-refractivity contribution in [2.24, 2.45) is 11.7 Å². The minimum atomic E-state index is 0.0756. The maximum atomic E-state index is 12.2. The summed E-state index contributed by atoms with van der Waals surface area (Å²) >= 11 is 0. The van der Waals surface area contributed by atoms with Crippen molar-refractivity contribution < 1.29 is 4.79 Å². The molecule has 102 valence electrons. The number of amides is 1. The van der Waals surface area contributed by atoms with Crippen molar-refractivity contribution in [3.63, 3.8) is 0 Å². The van der Waals surface area contributed by atoms with Gasteiger partial charge in [-0.05, 0) is 45.1 Å².